The van der Waals surface area contributed by atoms with Gasteiger partial charge in [-0.25, -0.2) is 0 Å². The van der Waals surface area contributed by atoms with E-state index in [0.717, 1.165) is 10.6 Å². The zero-order chi connectivity index (χ0) is 15.5. The summed E-state index contributed by atoms with van der Waals surface area (Å²) in [5, 5.41) is 17.2. The topological polar surface area (TPSA) is 85.8 Å². The number of aromatic nitrogens is 4. The van der Waals surface area contributed by atoms with Gasteiger partial charge >= 0.3 is 0 Å². The predicted molar refractivity (Wildman–Crippen MR) is 84.9 cm³/mol. The van der Waals surface area contributed by atoms with Crippen LogP contribution < -0.4 is 5.32 Å². The Balaban J connectivity index is 1.56. The molecule has 0 bridgehead atoms. The maximum absolute atomic E-state index is 11.9. The summed E-state index contributed by atoms with van der Waals surface area (Å²) in [5.74, 6) is 1.17. The molecule has 3 rings (SSSR count). The first kappa shape index (κ1) is 14.8. The lowest BCUT2D eigenvalue weighted by Crippen LogP contribution is -2.16. The van der Waals surface area contributed by atoms with Crippen LogP contribution in [0.4, 0.5) is 5.82 Å². The van der Waals surface area contributed by atoms with Gasteiger partial charge in [0.05, 0.1) is 16.3 Å². The molecule has 7 nitrogen and oxygen atoms in total. The molecular weight excluding hydrogens is 322 g/mol. The fourth-order valence-corrected chi connectivity index (χ4v) is 3.01. The lowest BCUT2D eigenvalue weighted by atomic mass is 10.4. The van der Waals surface area contributed by atoms with Crippen LogP contribution in [-0.2, 0) is 11.8 Å². The molecule has 0 aliphatic rings. The number of thioether (sulfide) groups is 1. The van der Waals surface area contributed by atoms with Gasteiger partial charge in [-0.2, -0.15) is 5.10 Å². The van der Waals surface area contributed by atoms with E-state index in [4.69, 9.17) is 4.42 Å². The highest BCUT2D eigenvalue weighted by atomic mass is 32.2. The van der Waals surface area contributed by atoms with Gasteiger partial charge in [0.15, 0.2) is 0 Å². The van der Waals surface area contributed by atoms with Crippen molar-refractivity contribution in [2.24, 2.45) is 7.05 Å². The molecule has 0 saturated heterocycles. The summed E-state index contributed by atoms with van der Waals surface area (Å²) in [6.45, 7) is 1.87. The minimum absolute atomic E-state index is 0.149. The Morgan fingerprint density at radius 2 is 2.36 bits per heavy atom. The normalized spacial score (nSPS) is 10.8. The Kier molecular flexibility index (Phi) is 4.25. The van der Waals surface area contributed by atoms with E-state index in [-0.39, 0.29) is 11.7 Å². The summed E-state index contributed by atoms with van der Waals surface area (Å²) in [4.78, 5) is 12.8. The Hall–Kier alpha value is -2.13. The number of hydrogen-bond acceptors (Lipinski definition) is 7. The van der Waals surface area contributed by atoms with Crippen LogP contribution in [0.5, 0.6) is 0 Å². The second-order valence-electron chi connectivity index (χ2n) is 4.48. The maximum atomic E-state index is 11.9. The highest BCUT2D eigenvalue weighted by molar-refractivity contribution is 7.99. The zero-order valence-corrected chi connectivity index (χ0v) is 13.6. The minimum atomic E-state index is -0.149. The van der Waals surface area contributed by atoms with Crippen LogP contribution in [0.3, 0.4) is 0 Å². The molecule has 9 heteroatoms. The number of amides is 1. The summed E-state index contributed by atoms with van der Waals surface area (Å²) in [6, 6.07) is 5.63. The summed E-state index contributed by atoms with van der Waals surface area (Å²) < 4.78 is 7.13. The third-order valence-corrected chi connectivity index (χ3v) is 4.41. The average molecular weight is 335 g/mol. The summed E-state index contributed by atoms with van der Waals surface area (Å²) in [6.07, 6.45) is 0. The molecule has 0 unspecified atom stereocenters. The van der Waals surface area contributed by atoms with Crippen LogP contribution in [0.25, 0.3) is 10.8 Å². The van der Waals surface area contributed by atoms with Crippen molar-refractivity contribution in [3.8, 4) is 10.8 Å². The Labute approximate surface area is 134 Å². The highest BCUT2D eigenvalue weighted by Crippen LogP contribution is 2.26. The van der Waals surface area contributed by atoms with Gasteiger partial charge in [0.1, 0.15) is 5.82 Å². The number of carbonyl (C=O) groups excluding carboxylic acids is 1. The van der Waals surface area contributed by atoms with Crippen molar-refractivity contribution in [3.05, 3.63) is 29.3 Å². The van der Waals surface area contributed by atoms with Crippen molar-refractivity contribution in [1.82, 2.24) is 20.0 Å². The van der Waals surface area contributed by atoms with Crippen molar-refractivity contribution in [3.63, 3.8) is 0 Å². The average Bonchev–Trinajstić information content (AvgIpc) is 3.19. The van der Waals surface area contributed by atoms with Gasteiger partial charge in [0, 0.05) is 13.1 Å². The van der Waals surface area contributed by atoms with Crippen LogP contribution in [-0.4, -0.2) is 31.6 Å². The van der Waals surface area contributed by atoms with Gasteiger partial charge in [-0.3, -0.25) is 9.48 Å². The number of nitrogens with one attached hydrogen (secondary N) is 1. The summed E-state index contributed by atoms with van der Waals surface area (Å²) in [5.41, 5.74) is 0.850. The molecule has 3 heterocycles. The Morgan fingerprint density at radius 1 is 1.50 bits per heavy atom. The third kappa shape index (κ3) is 3.37. The number of carbonyl (C=O) groups is 1. The van der Waals surface area contributed by atoms with Crippen molar-refractivity contribution in [2.45, 2.75) is 12.1 Å². The molecule has 0 fully saturated rings. The molecule has 0 saturated carbocycles. The van der Waals surface area contributed by atoms with E-state index in [1.165, 1.54) is 23.1 Å². The molecule has 22 heavy (non-hydrogen) atoms. The molecule has 0 radical (unpaired) electrons. The van der Waals surface area contributed by atoms with Gasteiger partial charge in [0.25, 0.3) is 11.1 Å². The number of thiophene rings is 1. The predicted octanol–water partition coefficient (Wildman–Crippen LogP) is 2.57. The first-order valence-electron chi connectivity index (χ1n) is 6.42. The lowest BCUT2D eigenvalue weighted by Gasteiger charge is -2.03. The molecule has 3 aromatic heterocycles. The van der Waals surface area contributed by atoms with Crippen LogP contribution in [0, 0.1) is 6.92 Å². The quantitative estimate of drug-likeness (QED) is 0.721. The van der Waals surface area contributed by atoms with Crippen LogP contribution in [0.1, 0.15) is 5.69 Å². The van der Waals surface area contributed by atoms with E-state index in [1.54, 1.807) is 11.7 Å². The molecule has 3 aromatic rings. The molecule has 0 atom stereocenters. The van der Waals surface area contributed by atoms with Gasteiger partial charge < -0.3 is 9.73 Å². The Bertz CT molecular complexity index is 778. The van der Waals surface area contributed by atoms with Gasteiger partial charge in [-0.05, 0) is 18.4 Å². The molecule has 0 aliphatic carbocycles. The van der Waals surface area contributed by atoms with Crippen molar-refractivity contribution < 1.29 is 9.21 Å². The third-order valence-electron chi connectivity index (χ3n) is 2.73. The fraction of sp³-hybridized carbons (Fsp3) is 0.231. The van der Waals surface area contributed by atoms with Gasteiger partial charge in [0.2, 0.25) is 5.91 Å². The maximum Gasteiger partial charge on any atom is 0.277 e. The number of anilines is 1. The lowest BCUT2D eigenvalue weighted by molar-refractivity contribution is -0.113. The van der Waals surface area contributed by atoms with Crippen LogP contribution in [0.2, 0.25) is 0 Å². The Morgan fingerprint density at radius 3 is 3.05 bits per heavy atom. The standard InChI is InChI=1S/C13H13N5O2S2/c1-8-6-10(18(2)17-8)14-11(19)7-22-13-16-15-12(20-13)9-4-3-5-21-9/h3-6H,7H2,1-2H3,(H,14,19). The van der Waals surface area contributed by atoms with E-state index in [2.05, 4.69) is 20.6 Å². The summed E-state index contributed by atoms with van der Waals surface area (Å²) >= 11 is 2.73. The molecule has 0 aromatic carbocycles. The molecule has 1 N–H and O–H groups in total. The molecule has 114 valence electrons. The van der Waals surface area contributed by atoms with E-state index >= 15 is 0 Å². The molecular formula is C13H13N5O2S2. The second kappa shape index (κ2) is 6.32. The molecule has 0 spiro atoms. The van der Waals surface area contributed by atoms with Gasteiger partial charge in [-0.15, -0.1) is 21.5 Å². The first-order chi connectivity index (χ1) is 10.6. The van der Waals surface area contributed by atoms with Crippen LogP contribution in [0.15, 0.2) is 33.2 Å². The highest BCUT2D eigenvalue weighted by Gasteiger charge is 2.13. The SMILES string of the molecule is Cc1cc(NC(=O)CSc2nnc(-c3cccs3)o2)n(C)n1. The zero-order valence-electron chi connectivity index (χ0n) is 11.9. The summed E-state index contributed by atoms with van der Waals surface area (Å²) in [7, 11) is 1.78. The monoisotopic (exact) mass is 335 g/mol. The fourth-order valence-electron chi connectivity index (χ4n) is 1.80. The largest absolute Gasteiger partial charge is 0.410 e. The van der Waals surface area contributed by atoms with Gasteiger partial charge in [-0.1, -0.05) is 17.8 Å². The number of aryl methyl sites for hydroxylation is 2. The number of rotatable bonds is 5. The van der Waals surface area contributed by atoms with Crippen LogP contribution >= 0.6 is 23.1 Å². The van der Waals surface area contributed by atoms with E-state index in [9.17, 15) is 4.79 Å². The first-order valence-corrected chi connectivity index (χ1v) is 8.29. The van der Waals surface area contributed by atoms with Crippen molar-refractivity contribution in [1.29, 1.82) is 0 Å². The van der Waals surface area contributed by atoms with Crippen molar-refractivity contribution in [2.75, 3.05) is 11.1 Å². The minimum Gasteiger partial charge on any atom is -0.410 e. The van der Waals surface area contributed by atoms with E-state index in [1.807, 2.05) is 30.5 Å². The smallest absolute Gasteiger partial charge is 0.277 e. The van der Waals surface area contributed by atoms with E-state index < -0.39 is 0 Å². The second-order valence-corrected chi connectivity index (χ2v) is 6.36. The van der Waals surface area contributed by atoms with E-state index in [0.29, 0.717) is 16.9 Å². The van der Waals surface area contributed by atoms with Crippen molar-refractivity contribution >= 4 is 34.8 Å². The molecule has 0 aliphatic heterocycles. The molecule has 1 amide bonds. The number of nitrogens with zero attached hydrogens (tertiary/aromatic N) is 4. The number of hydrogen-bond donors (Lipinski definition) is 1.